The Morgan fingerprint density at radius 1 is 1.47 bits per heavy atom. The van der Waals surface area contributed by atoms with E-state index in [-0.39, 0.29) is 11.7 Å². The Kier molecular flexibility index (Phi) is 4.26. The van der Waals surface area contributed by atoms with E-state index in [0.29, 0.717) is 18.6 Å². The van der Waals surface area contributed by atoms with E-state index in [1.54, 1.807) is 6.07 Å². The number of rotatable bonds is 4. The van der Waals surface area contributed by atoms with E-state index in [4.69, 9.17) is 0 Å². The van der Waals surface area contributed by atoms with E-state index >= 15 is 0 Å². The fraction of sp³-hybridized carbons (Fsp3) is 0.500. The summed E-state index contributed by atoms with van der Waals surface area (Å²) in [5.74, 6) is 0.244. The number of aryl methyl sites for hydroxylation is 1. The summed E-state index contributed by atoms with van der Waals surface area (Å²) in [6, 6.07) is 6.50. The lowest BCUT2D eigenvalue weighted by molar-refractivity contribution is -0.123. The molecule has 0 amide bonds. The molecule has 0 spiro atoms. The van der Waals surface area contributed by atoms with Crippen LogP contribution >= 0.6 is 0 Å². The molecule has 2 rings (SSSR count). The lowest BCUT2D eigenvalue weighted by atomic mass is 9.91. The van der Waals surface area contributed by atoms with Crippen molar-refractivity contribution in [2.45, 2.75) is 25.7 Å². The first-order chi connectivity index (χ1) is 8.25. The molecule has 0 saturated carbocycles. The van der Waals surface area contributed by atoms with Gasteiger partial charge in [-0.1, -0.05) is 12.1 Å². The number of carbonyl (C=O) groups is 1. The van der Waals surface area contributed by atoms with Crippen LogP contribution in [0.2, 0.25) is 0 Å². The molecule has 0 aromatic heterocycles. The minimum Gasteiger partial charge on any atom is -0.316 e. The van der Waals surface area contributed by atoms with E-state index in [9.17, 15) is 9.18 Å². The number of hydrogen-bond acceptors (Lipinski definition) is 2. The first kappa shape index (κ1) is 12.2. The van der Waals surface area contributed by atoms with Crippen LogP contribution in [0.4, 0.5) is 4.39 Å². The topological polar surface area (TPSA) is 29.1 Å². The molecule has 1 saturated heterocycles. The Morgan fingerprint density at radius 3 is 3.06 bits per heavy atom. The number of hydrogen-bond donors (Lipinski definition) is 1. The zero-order valence-electron chi connectivity index (χ0n) is 9.92. The fourth-order valence-corrected chi connectivity index (χ4v) is 2.29. The highest BCUT2D eigenvalue weighted by atomic mass is 19.1. The number of piperidine rings is 1. The van der Waals surface area contributed by atoms with Crippen LogP contribution in [0, 0.1) is 11.7 Å². The van der Waals surface area contributed by atoms with Gasteiger partial charge < -0.3 is 5.32 Å². The van der Waals surface area contributed by atoms with Gasteiger partial charge >= 0.3 is 0 Å². The molecule has 1 aromatic rings. The van der Waals surface area contributed by atoms with Crippen molar-refractivity contribution in [3.05, 3.63) is 35.6 Å². The molecule has 3 heteroatoms. The van der Waals surface area contributed by atoms with Crippen LogP contribution in [-0.4, -0.2) is 18.9 Å². The second kappa shape index (κ2) is 5.92. The summed E-state index contributed by atoms with van der Waals surface area (Å²) in [6.07, 6.45) is 3.24. The zero-order chi connectivity index (χ0) is 12.1. The molecular formula is C14H18FNO. The van der Waals surface area contributed by atoms with Gasteiger partial charge in [0.25, 0.3) is 0 Å². The second-order valence-corrected chi connectivity index (χ2v) is 4.64. The van der Waals surface area contributed by atoms with Crippen LogP contribution in [0.5, 0.6) is 0 Å². The largest absolute Gasteiger partial charge is 0.316 e. The highest BCUT2D eigenvalue weighted by Gasteiger charge is 2.20. The molecule has 17 heavy (non-hydrogen) atoms. The van der Waals surface area contributed by atoms with Crippen LogP contribution in [-0.2, 0) is 11.2 Å². The average Bonchev–Trinajstić information content (AvgIpc) is 2.37. The molecule has 1 heterocycles. The Balaban J connectivity index is 1.83. The van der Waals surface area contributed by atoms with Crippen molar-refractivity contribution in [2.75, 3.05) is 13.1 Å². The van der Waals surface area contributed by atoms with Crippen LogP contribution in [0.15, 0.2) is 24.3 Å². The molecule has 1 aliphatic rings. The SMILES string of the molecule is O=C(CCc1cccc(F)c1)C1CCCNC1. The Labute approximate surface area is 101 Å². The molecule has 1 N–H and O–H groups in total. The summed E-state index contributed by atoms with van der Waals surface area (Å²) in [7, 11) is 0. The number of ketones is 1. The van der Waals surface area contributed by atoms with Crippen molar-refractivity contribution in [3.63, 3.8) is 0 Å². The molecule has 1 aliphatic heterocycles. The average molecular weight is 235 g/mol. The minimum atomic E-state index is -0.228. The summed E-state index contributed by atoms with van der Waals surface area (Å²) in [4.78, 5) is 11.9. The van der Waals surface area contributed by atoms with E-state index in [1.165, 1.54) is 12.1 Å². The summed E-state index contributed by atoms with van der Waals surface area (Å²) in [6.45, 7) is 1.83. The molecule has 1 atom stereocenters. The highest BCUT2D eigenvalue weighted by Crippen LogP contribution is 2.15. The fourth-order valence-electron chi connectivity index (χ4n) is 2.29. The molecular weight excluding hydrogens is 217 g/mol. The molecule has 0 aliphatic carbocycles. The summed E-state index contributed by atoms with van der Waals surface area (Å²) in [5.41, 5.74) is 0.905. The molecule has 92 valence electrons. The third-order valence-electron chi connectivity index (χ3n) is 3.30. The first-order valence-corrected chi connectivity index (χ1v) is 6.23. The molecule has 2 nitrogen and oxygen atoms in total. The maximum Gasteiger partial charge on any atom is 0.137 e. The summed E-state index contributed by atoms with van der Waals surface area (Å²) >= 11 is 0. The zero-order valence-corrected chi connectivity index (χ0v) is 9.92. The maximum absolute atomic E-state index is 13.0. The minimum absolute atomic E-state index is 0.164. The van der Waals surface area contributed by atoms with E-state index in [1.807, 2.05) is 6.07 Å². The third kappa shape index (κ3) is 3.63. The van der Waals surface area contributed by atoms with Gasteiger partial charge in [-0.05, 0) is 43.5 Å². The number of benzene rings is 1. The van der Waals surface area contributed by atoms with Crippen molar-refractivity contribution in [1.29, 1.82) is 0 Å². The summed E-state index contributed by atoms with van der Waals surface area (Å²) in [5, 5.41) is 3.24. The van der Waals surface area contributed by atoms with Crippen molar-refractivity contribution < 1.29 is 9.18 Å². The van der Waals surface area contributed by atoms with E-state index in [2.05, 4.69) is 5.32 Å². The predicted octanol–water partition coefficient (Wildman–Crippen LogP) is 2.33. The van der Waals surface area contributed by atoms with Crippen LogP contribution < -0.4 is 5.32 Å². The number of carbonyl (C=O) groups excluding carboxylic acids is 1. The van der Waals surface area contributed by atoms with Crippen molar-refractivity contribution in [1.82, 2.24) is 5.32 Å². The molecule has 0 bridgehead atoms. The van der Waals surface area contributed by atoms with Crippen molar-refractivity contribution in [3.8, 4) is 0 Å². The quantitative estimate of drug-likeness (QED) is 0.867. The maximum atomic E-state index is 13.0. The van der Waals surface area contributed by atoms with Gasteiger partial charge in [0.2, 0.25) is 0 Å². The van der Waals surface area contributed by atoms with Crippen molar-refractivity contribution in [2.24, 2.45) is 5.92 Å². The van der Waals surface area contributed by atoms with Gasteiger partial charge in [-0.2, -0.15) is 0 Å². The number of halogens is 1. The Bertz CT molecular complexity index is 386. The Hall–Kier alpha value is -1.22. The van der Waals surface area contributed by atoms with E-state index in [0.717, 1.165) is 31.5 Å². The second-order valence-electron chi connectivity index (χ2n) is 4.64. The lowest BCUT2D eigenvalue weighted by Gasteiger charge is -2.21. The monoisotopic (exact) mass is 235 g/mol. The lowest BCUT2D eigenvalue weighted by Crippen LogP contribution is -2.34. The summed E-state index contributed by atoms with van der Waals surface area (Å²) < 4.78 is 13.0. The number of nitrogens with one attached hydrogen (secondary N) is 1. The third-order valence-corrected chi connectivity index (χ3v) is 3.30. The van der Waals surface area contributed by atoms with Gasteiger partial charge in [-0.3, -0.25) is 4.79 Å². The normalized spacial score (nSPS) is 20.2. The molecule has 1 fully saturated rings. The molecule has 0 radical (unpaired) electrons. The van der Waals surface area contributed by atoms with Gasteiger partial charge in [-0.25, -0.2) is 4.39 Å². The van der Waals surface area contributed by atoms with Gasteiger partial charge in [0.15, 0.2) is 0 Å². The van der Waals surface area contributed by atoms with Crippen LogP contribution in [0.25, 0.3) is 0 Å². The van der Waals surface area contributed by atoms with Gasteiger partial charge in [0, 0.05) is 18.9 Å². The number of Topliss-reactive ketones (excluding diaryl/α,β-unsaturated/α-hetero) is 1. The Morgan fingerprint density at radius 2 is 2.35 bits per heavy atom. The first-order valence-electron chi connectivity index (χ1n) is 6.23. The molecule has 1 unspecified atom stereocenters. The van der Waals surface area contributed by atoms with Gasteiger partial charge in [0.05, 0.1) is 0 Å². The smallest absolute Gasteiger partial charge is 0.137 e. The van der Waals surface area contributed by atoms with Crippen molar-refractivity contribution >= 4 is 5.78 Å². The van der Waals surface area contributed by atoms with Crippen LogP contribution in [0.3, 0.4) is 0 Å². The highest BCUT2D eigenvalue weighted by molar-refractivity contribution is 5.81. The van der Waals surface area contributed by atoms with Crippen LogP contribution in [0.1, 0.15) is 24.8 Å². The van der Waals surface area contributed by atoms with Gasteiger partial charge in [-0.15, -0.1) is 0 Å². The predicted molar refractivity (Wildman–Crippen MR) is 65.3 cm³/mol. The standard InChI is InChI=1S/C14H18FNO/c15-13-5-1-3-11(9-13)6-7-14(17)12-4-2-8-16-10-12/h1,3,5,9,12,16H,2,4,6-8,10H2. The molecule has 1 aromatic carbocycles. The van der Waals surface area contributed by atoms with Gasteiger partial charge in [0.1, 0.15) is 11.6 Å². The van der Waals surface area contributed by atoms with E-state index < -0.39 is 0 Å².